The summed E-state index contributed by atoms with van der Waals surface area (Å²) in [5.41, 5.74) is -0.387. The van der Waals surface area contributed by atoms with E-state index >= 15 is 0 Å². The molecule has 0 unspecified atom stereocenters. The Labute approximate surface area is 62.1 Å². The summed E-state index contributed by atoms with van der Waals surface area (Å²) in [5.74, 6) is 0. The maximum absolute atomic E-state index is 10.9. The minimum Gasteiger partial charge on any atom is -0.291 e. The molecule has 0 radical (unpaired) electrons. The molecule has 0 aliphatic carbocycles. The topological polar surface area (TPSA) is 35.5 Å². The van der Waals surface area contributed by atoms with Crippen molar-refractivity contribution in [3.63, 3.8) is 0 Å². The van der Waals surface area contributed by atoms with Gasteiger partial charge in [-0.15, -0.1) is 0 Å². The maximum Gasteiger partial charge on any atom is 0.229 e. The van der Waals surface area contributed by atoms with Gasteiger partial charge >= 0.3 is 0 Å². The predicted octanol–water partition coefficient (Wildman–Crippen LogP) is 2.27. The van der Waals surface area contributed by atoms with Crippen LogP contribution in [0.25, 0.3) is 0 Å². The Balaban J connectivity index is 3.67. The molecule has 62 valence electrons. The van der Waals surface area contributed by atoms with Crippen molar-refractivity contribution in [1.29, 1.82) is 0 Å². The van der Waals surface area contributed by atoms with Crippen molar-refractivity contribution in [2.75, 3.05) is 13.3 Å². The molecule has 3 nitrogen and oxygen atoms in total. The zero-order chi connectivity index (χ0) is 8.41. The summed E-state index contributed by atoms with van der Waals surface area (Å²) >= 11 is 0. The zero-order valence-electron chi connectivity index (χ0n) is 7.17. The minimum atomic E-state index is -2.48. The van der Waals surface area contributed by atoms with Gasteiger partial charge in [0.2, 0.25) is 7.37 Å². The summed E-state index contributed by atoms with van der Waals surface area (Å²) in [6, 6.07) is 0. The molecule has 0 saturated heterocycles. The molecule has 0 spiro atoms. The lowest BCUT2D eigenvalue weighted by Gasteiger charge is -2.18. The van der Waals surface area contributed by atoms with Crippen molar-refractivity contribution in [3.05, 3.63) is 0 Å². The molecular formula is C6H15O3P. The van der Waals surface area contributed by atoms with Gasteiger partial charge in [-0.05, 0) is 20.8 Å². The number of hydrogen-bond acceptors (Lipinski definition) is 3. The summed E-state index contributed by atoms with van der Waals surface area (Å²) in [7, 11) is -2.48. The largest absolute Gasteiger partial charge is 0.291 e. The molecule has 0 amide bonds. The van der Waals surface area contributed by atoms with Crippen molar-refractivity contribution in [2.45, 2.75) is 26.4 Å². The van der Waals surface area contributed by atoms with Crippen LogP contribution in [-0.4, -0.2) is 18.9 Å². The smallest absolute Gasteiger partial charge is 0.229 e. The van der Waals surface area contributed by atoms with Gasteiger partial charge < -0.3 is 0 Å². The molecule has 0 aromatic rings. The predicted molar refractivity (Wildman–Crippen MR) is 41.4 cm³/mol. The van der Waals surface area contributed by atoms with E-state index in [9.17, 15) is 4.57 Å². The first-order chi connectivity index (χ1) is 4.21. The molecule has 0 bridgehead atoms. The second-order valence-corrected chi connectivity index (χ2v) is 6.18. The van der Waals surface area contributed by atoms with E-state index in [0.717, 1.165) is 0 Å². The third-order valence-electron chi connectivity index (χ3n) is 0.467. The number of hydrogen-bond donors (Lipinski definition) is 0. The molecule has 0 aliphatic rings. The van der Waals surface area contributed by atoms with Crippen molar-refractivity contribution in [1.82, 2.24) is 0 Å². The highest BCUT2D eigenvalue weighted by Gasteiger charge is 2.16. The van der Waals surface area contributed by atoms with Crippen molar-refractivity contribution in [3.8, 4) is 0 Å². The Hall–Kier alpha value is 0.150. The Morgan fingerprint density at radius 2 is 1.60 bits per heavy atom. The number of rotatable bonds is 2. The molecule has 10 heavy (non-hydrogen) atoms. The summed E-state index contributed by atoms with van der Waals surface area (Å²) in [5, 5.41) is 0. The summed E-state index contributed by atoms with van der Waals surface area (Å²) < 4.78 is 15.6. The quantitative estimate of drug-likeness (QED) is 0.358. The first-order valence-electron chi connectivity index (χ1n) is 3.13. The van der Waals surface area contributed by atoms with E-state index in [-0.39, 0.29) is 5.60 Å². The molecule has 0 aliphatic heterocycles. The van der Waals surface area contributed by atoms with Crippen LogP contribution in [0.1, 0.15) is 20.8 Å². The Kier molecular flexibility index (Phi) is 3.08. The first-order valence-corrected chi connectivity index (χ1v) is 5.65. The van der Waals surface area contributed by atoms with E-state index in [1.54, 1.807) is 0 Å². The van der Waals surface area contributed by atoms with Crippen LogP contribution in [0.3, 0.4) is 0 Å². The first kappa shape index (κ1) is 10.2. The zero-order valence-corrected chi connectivity index (χ0v) is 8.07. The monoisotopic (exact) mass is 166 g/mol. The highest BCUT2D eigenvalue weighted by atomic mass is 31.2. The van der Waals surface area contributed by atoms with Gasteiger partial charge in [0.25, 0.3) is 0 Å². The molecule has 0 fully saturated rings. The van der Waals surface area contributed by atoms with Crippen LogP contribution in [0, 0.1) is 0 Å². The standard InChI is InChI=1S/C6H15O3P/c1-6(2,3)8-9-10(4,5)7/h1-5H3. The second kappa shape index (κ2) is 3.04. The van der Waals surface area contributed by atoms with Gasteiger partial charge in [0, 0.05) is 13.3 Å². The van der Waals surface area contributed by atoms with Crippen LogP contribution in [0.4, 0.5) is 0 Å². The SMILES string of the molecule is CC(C)(C)OOP(C)(C)=O. The van der Waals surface area contributed by atoms with E-state index in [4.69, 9.17) is 4.89 Å². The molecule has 0 atom stereocenters. The molecule has 0 aromatic heterocycles. The average Bonchev–Trinajstić information content (AvgIpc) is 1.57. The fraction of sp³-hybridized carbons (Fsp3) is 1.00. The van der Waals surface area contributed by atoms with Crippen LogP contribution in [0.15, 0.2) is 0 Å². The van der Waals surface area contributed by atoms with E-state index in [1.807, 2.05) is 20.8 Å². The van der Waals surface area contributed by atoms with Crippen molar-refractivity contribution < 1.29 is 14.1 Å². The Morgan fingerprint density at radius 3 is 1.70 bits per heavy atom. The third-order valence-corrected chi connectivity index (χ3v) is 0.900. The fourth-order valence-corrected chi connectivity index (χ4v) is 0.605. The van der Waals surface area contributed by atoms with E-state index in [2.05, 4.69) is 4.67 Å². The van der Waals surface area contributed by atoms with Crippen LogP contribution in [0.5, 0.6) is 0 Å². The maximum atomic E-state index is 10.9. The van der Waals surface area contributed by atoms with E-state index < -0.39 is 7.37 Å². The van der Waals surface area contributed by atoms with E-state index in [1.165, 1.54) is 13.3 Å². The minimum absolute atomic E-state index is 0.387. The van der Waals surface area contributed by atoms with Crippen LogP contribution >= 0.6 is 7.37 Å². The van der Waals surface area contributed by atoms with Gasteiger partial charge in [-0.1, -0.05) is 0 Å². The normalized spacial score (nSPS) is 13.7. The lowest BCUT2D eigenvalue weighted by Crippen LogP contribution is -2.18. The average molecular weight is 166 g/mol. The molecule has 0 N–H and O–H groups in total. The Morgan fingerprint density at radius 1 is 1.20 bits per heavy atom. The molecule has 4 heteroatoms. The third kappa shape index (κ3) is 8.15. The lowest BCUT2D eigenvalue weighted by molar-refractivity contribution is -0.273. The molecule has 0 rings (SSSR count). The molecule has 0 heterocycles. The van der Waals surface area contributed by atoms with Gasteiger partial charge in [-0.2, -0.15) is 4.67 Å². The van der Waals surface area contributed by atoms with Gasteiger partial charge in [0.15, 0.2) is 0 Å². The highest BCUT2D eigenvalue weighted by molar-refractivity contribution is 7.57. The van der Waals surface area contributed by atoms with Gasteiger partial charge in [-0.3, -0.25) is 4.57 Å². The Bertz CT molecular complexity index is 142. The second-order valence-electron chi connectivity index (χ2n) is 3.52. The van der Waals surface area contributed by atoms with Crippen LogP contribution in [0.2, 0.25) is 0 Å². The van der Waals surface area contributed by atoms with Gasteiger partial charge in [0.05, 0.1) is 5.60 Å². The summed E-state index contributed by atoms with van der Waals surface area (Å²) in [4.78, 5) is 4.83. The van der Waals surface area contributed by atoms with Gasteiger partial charge in [-0.25, -0.2) is 4.89 Å². The summed E-state index contributed by atoms with van der Waals surface area (Å²) in [6.07, 6.45) is 0. The van der Waals surface area contributed by atoms with Crippen molar-refractivity contribution >= 4 is 7.37 Å². The van der Waals surface area contributed by atoms with Crippen LogP contribution in [-0.2, 0) is 14.1 Å². The molecule has 0 aromatic carbocycles. The fourth-order valence-electron chi connectivity index (χ4n) is 0.202. The molecular weight excluding hydrogens is 151 g/mol. The van der Waals surface area contributed by atoms with Gasteiger partial charge in [0.1, 0.15) is 0 Å². The lowest BCUT2D eigenvalue weighted by atomic mass is 10.2. The van der Waals surface area contributed by atoms with Crippen molar-refractivity contribution in [2.24, 2.45) is 0 Å². The van der Waals surface area contributed by atoms with Crippen LogP contribution < -0.4 is 0 Å². The van der Waals surface area contributed by atoms with E-state index in [0.29, 0.717) is 0 Å². The highest BCUT2D eigenvalue weighted by Crippen LogP contribution is 2.38. The summed E-state index contributed by atoms with van der Waals surface area (Å²) in [6.45, 7) is 8.53. The molecule has 0 saturated carbocycles.